The number of benzene rings is 1. The summed E-state index contributed by atoms with van der Waals surface area (Å²) in [5.41, 5.74) is -0.851. The summed E-state index contributed by atoms with van der Waals surface area (Å²) in [7, 11) is 0. The minimum atomic E-state index is -1.14. The Hall–Kier alpha value is -2.37. The fourth-order valence-electron chi connectivity index (χ4n) is 2.44. The van der Waals surface area contributed by atoms with E-state index in [4.69, 9.17) is 0 Å². The topological polar surface area (TPSA) is 92.2 Å². The molecule has 0 bridgehead atoms. The van der Waals surface area contributed by atoms with E-state index in [0.717, 1.165) is 6.42 Å². The highest BCUT2D eigenvalue weighted by Gasteiger charge is 2.20. The Bertz CT molecular complexity index is 803. The number of nitrogens with one attached hydrogen (secondary N) is 1. The minimum Gasteiger partial charge on any atom is -0.478 e. The van der Waals surface area contributed by atoms with Crippen LogP contribution in [0.3, 0.4) is 0 Å². The first kappa shape index (κ1) is 15.0. The predicted molar refractivity (Wildman–Crippen MR) is 80.0 cm³/mol. The van der Waals surface area contributed by atoms with Gasteiger partial charge in [0.15, 0.2) is 0 Å². The molecule has 0 amide bonds. The Kier molecular flexibility index (Phi) is 3.97. The lowest BCUT2D eigenvalue weighted by molar-refractivity contribution is 0.0698. The highest BCUT2D eigenvalue weighted by Crippen LogP contribution is 2.23. The molecule has 6 heteroatoms. The van der Waals surface area contributed by atoms with Gasteiger partial charge < -0.3 is 10.1 Å². The third kappa shape index (κ3) is 2.49. The molecule has 2 aromatic rings. The van der Waals surface area contributed by atoms with Gasteiger partial charge in [0, 0.05) is 6.04 Å². The Morgan fingerprint density at radius 2 is 2.00 bits per heavy atom. The lowest BCUT2D eigenvalue weighted by Crippen LogP contribution is -2.39. The molecule has 0 spiro atoms. The van der Waals surface area contributed by atoms with Gasteiger partial charge in [-0.05, 0) is 25.0 Å². The van der Waals surface area contributed by atoms with E-state index in [1.165, 1.54) is 10.6 Å². The van der Waals surface area contributed by atoms with Crippen LogP contribution < -0.4 is 11.1 Å². The fourth-order valence-corrected chi connectivity index (χ4v) is 2.44. The van der Waals surface area contributed by atoms with E-state index in [-0.39, 0.29) is 23.0 Å². The third-order valence-electron chi connectivity index (χ3n) is 4.06. The van der Waals surface area contributed by atoms with Crippen molar-refractivity contribution in [3.63, 3.8) is 0 Å². The third-order valence-corrected chi connectivity index (χ3v) is 4.06. The summed E-state index contributed by atoms with van der Waals surface area (Å²) in [5.74, 6) is -0.959. The largest absolute Gasteiger partial charge is 0.478 e. The fraction of sp³-hybridized carbons (Fsp3) is 0.400. The predicted octanol–water partition coefficient (Wildman–Crippen LogP) is 2.00. The highest BCUT2D eigenvalue weighted by atomic mass is 16.4. The zero-order valence-electron chi connectivity index (χ0n) is 12.2. The summed E-state index contributed by atoms with van der Waals surface area (Å²) in [4.78, 5) is 37.7. The number of H-pyrrole nitrogens is 1. The van der Waals surface area contributed by atoms with E-state index in [9.17, 15) is 19.5 Å². The van der Waals surface area contributed by atoms with Gasteiger partial charge in [0.25, 0.3) is 0 Å². The highest BCUT2D eigenvalue weighted by molar-refractivity contribution is 6.00. The summed E-state index contributed by atoms with van der Waals surface area (Å²) in [6.07, 6.45) is 0.848. The van der Waals surface area contributed by atoms with Crippen LogP contribution in [0.1, 0.15) is 43.6 Å². The van der Waals surface area contributed by atoms with Crippen molar-refractivity contribution < 1.29 is 9.90 Å². The number of aromatic amines is 1. The second-order valence-corrected chi connectivity index (χ2v) is 5.26. The van der Waals surface area contributed by atoms with Crippen LogP contribution in [0, 0.1) is 5.92 Å². The zero-order chi connectivity index (χ0) is 15.7. The van der Waals surface area contributed by atoms with Crippen molar-refractivity contribution in [2.75, 3.05) is 0 Å². The lowest BCUT2D eigenvalue weighted by Gasteiger charge is -2.22. The van der Waals surface area contributed by atoms with Crippen molar-refractivity contribution in [3.05, 3.63) is 44.5 Å². The van der Waals surface area contributed by atoms with Crippen LogP contribution in [-0.2, 0) is 0 Å². The van der Waals surface area contributed by atoms with E-state index in [0.29, 0.717) is 5.52 Å². The van der Waals surface area contributed by atoms with Crippen LogP contribution in [0.25, 0.3) is 11.0 Å². The van der Waals surface area contributed by atoms with Crippen LogP contribution in [0.2, 0.25) is 0 Å². The Morgan fingerprint density at radius 1 is 1.33 bits per heavy atom. The average Bonchev–Trinajstić information content (AvgIpc) is 2.46. The monoisotopic (exact) mass is 290 g/mol. The number of nitrogens with zero attached hydrogens (tertiary/aromatic N) is 1. The molecule has 6 nitrogen and oxygen atoms in total. The van der Waals surface area contributed by atoms with Crippen molar-refractivity contribution in [2.24, 2.45) is 5.92 Å². The second kappa shape index (κ2) is 5.55. The molecule has 2 unspecified atom stereocenters. The number of carboxylic acids is 1. The van der Waals surface area contributed by atoms with Crippen LogP contribution in [-0.4, -0.2) is 20.6 Å². The summed E-state index contributed by atoms with van der Waals surface area (Å²) < 4.78 is 1.40. The van der Waals surface area contributed by atoms with E-state index < -0.39 is 17.1 Å². The molecule has 0 radical (unpaired) electrons. The van der Waals surface area contributed by atoms with E-state index in [1.54, 1.807) is 12.1 Å². The second-order valence-electron chi connectivity index (χ2n) is 5.26. The van der Waals surface area contributed by atoms with E-state index in [2.05, 4.69) is 4.98 Å². The molecule has 1 aromatic carbocycles. The maximum Gasteiger partial charge on any atom is 0.337 e. The normalized spacial score (nSPS) is 14.0. The lowest BCUT2D eigenvalue weighted by atomic mass is 10.00. The number of carbonyl (C=O) groups is 1. The van der Waals surface area contributed by atoms with Crippen molar-refractivity contribution in [1.82, 2.24) is 9.55 Å². The molecule has 0 saturated carbocycles. The van der Waals surface area contributed by atoms with Crippen molar-refractivity contribution in [1.29, 1.82) is 0 Å². The van der Waals surface area contributed by atoms with E-state index in [1.807, 2.05) is 20.8 Å². The number of hydrogen-bond acceptors (Lipinski definition) is 3. The van der Waals surface area contributed by atoms with Crippen molar-refractivity contribution in [3.8, 4) is 0 Å². The molecular formula is C15H18N2O4. The zero-order valence-corrected chi connectivity index (χ0v) is 12.2. The van der Waals surface area contributed by atoms with Gasteiger partial charge in [-0.2, -0.15) is 0 Å². The standard InChI is InChI=1S/C15H18N2O4/c1-4-8(2)9(3)17-11-7-5-6-10(15(20)21)12(11)16-13(18)14(17)19/h5-9H,4H2,1-3H3,(H,16,18)(H,20,21). The average molecular weight is 290 g/mol. The molecule has 0 saturated heterocycles. The summed E-state index contributed by atoms with van der Waals surface area (Å²) in [5, 5.41) is 9.22. The molecule has 0 aliphatic heterocycles. The Balaban J connectivity index is 2.90. The minimum absolute atomic E-state index is 0.0188. The van der Waals surface area contributed by atoms with Crippen LogP contribution in [0.5, 0.6) is 0 Å². The van der Waals surface area contributed by atoms with Gasteiger partial charge >= 0.3 is 17.1 Å². The quantitative estimate of drug-likeness (QED) is 0.842. The molecule has 1 heterocycles. The number of rotatable bonds is 4. The van der Waals surface area contributed by atoms with Gasteiger partial charge in [-0.3, -0.25) is 14.2 Å². The maximum atomic E-state index is 12.2. The van der Waals surface area contributed by atoms with E-state index >= 15 is 0 Å². The number of carboxylic acid groups (broad SMARTS) is 1. The molecule has 112 valence electrons. The van der Waals surface area contributed by atoms with Crippen LogP contribution in [0.15, 0.2) is 27.8 Å². The smallest absolute Gasteiger partial charge is 0.337 e. The molecule has 2 N–H and O–H groups in total. The molecule has 0 fully saturated rings. The summed E-state index contributed by atoms with van der Waals surface area (Å²) in [6.45, 7) is 5.86. The van der Waals surface area contributed by atoms with Gasteiger partial charge in [0.2, 0.25) is 0 Å². The molecular weight excluding hydrogens is 272 g/mol. The number of aromatic carboxylic acids is 1. The number of hydrogen-bond donors (Lipinski definition) is 2. The molecule has 1 aromatic heterocycles. The van der Waals surface area contributed by atoms with Gasteiger partial charge in [-0.1, -0.05) is 26.3 Å². The SMILES string of the molecule is CCC(C)C(C)n1c(=O)c(=O)[nH]c2c(C(=O)O)cccc21. The van der Waals surface area contributed by atoms with Crippen molar-refractivity contribution >= 4 is 17.0 Å². The number of aromatic nitrogens is 2. The number of para-hydroxylation sites is 1. The van der Waals surface area contributed by atoms with Gasteiger partial charge in [-0.15, -0.1) is 0 Å². The summed E-state index contributed by atoms with van der Waals surface area (Å²) in [6, 6.07) is 4.43. The van der Waals surface area contributed by atoms with Crippen LogP contribution in [0.4, 0.5) is 0 Å². The van der Waals surface area contributed by atoms with Gasteiger partial charge in [0.1, 0.15) is 0 Å². The van der Waals surface area contributed by atoms with Gasteiger partial charge in [-0.25, -0.2) is 4.79 Å². The molecule has 0 aliphatic carbocycles. The molecule has 2 rings (SSSR count). The Labute approximate surface area is 121 Å². The first-order valence-electron chi connectivity index (χ1n) is 6.89. The molecule has 0 aliphatic rings. The molecule has 21 heavy (non-hydrogen) atoms. The van der Waals surface area contributed by atoms with Gasteiger partial charge in [0.05, 0.1) is 16.6 Å². The summed E-state index contributed by atoms with van der Waals surface area (Å²) >= 11 is 0. The Morgan fingerprint density at radius 3 is 2.57 bits per heavy atom. The van der Waals surface area contributed by atoms with Crippen molar-refractivity contribution in [2.45, 2.75) is 33.2 Å². The van der Waals surface area contributed by atoms with Crippen LogP contribution >= 0.6 is 0 Å². The first-order valence-corrected chi connectivity index (χ1v) is 6.89. The maximum absolute atomic E-state index is 12.2. The number of fused-ring (bicyclic) bond motifs is 1. The first-order chi connectivity index (χ1) is 9.88. The molecule has 2 atom stereocenters.